The number of anilines is 1. The molecule has 0 radical (unpaired) electrons. The quantitative estimate of drug-likeness (QED) is 0.883. The van der Waals surface area contributed by atoms with Gasteiger partial charge in [0.05, 0.1) is 19.8 Å². The number of aryl methyl sites for hydroxylation is 2. The van der Waals surface area contributed by atoms with E-state index in [4.69, 9.17) is 9.47 Å². The molecule has 1 heterocycles. The normalized spacial score (nSPS) is 20.8. The predicted octanol–water partition coefficient (Wildman–Crippen LogP) is 3.75. The number of hydrogen-bond acceptors (Lipinski definition) is 3. The van der Waals surface area contributed by atoms with E-state index >= 15 is 0 Å². The summed E-state index contributed by atoms with van der Waals surface area (Å²) in [6.07, 6.45) is 5.94. The number of amides is 2. The van der Waals surface area contributed by atoms with Crippen molar-refractivity contribution in [3.63, 3.8) is 0 Å². The number of rotatable bonds is 4. The van der Waals surface area contributed by atoms with Gasteiger partial charge < -0.3 is 20.1 Å². The number of carbonyl (C=O) groups excluding carboxylic acids is 1. The second-order valence-corrected chi connectivity index (χ2v) is 6.92. The molecule has 0 bridgehead atoms. The highest BCUT2D eigenvalue weighted by Gasteiger charge is 2.44. The minimum absolute atomic E-state index is 0.207. The van der Waals surface area contributed by atoms with Gasteiger partial charge >= 0.3 is 6.03 Å². The van der Waals surface area contributed by atoms with Crippen molar-refractivity contribution in [1.29, 1.82) is 0 Å². The van der Waals surface area contributed by atoms with E-state index in [0.29, 0.717) is 25.7 Å². The van der Waals surface area contributed by atoms with Crippen LogP contribution in [0.15, 0.2) is 18.2 Å². The summed E-state index contributed by atoms with van der Waals surface area (Å²) in [6.45, 7) is 5.60. The largest absolute Gasteiger partial charge is 0.346 e. The highest BCUT2D eigenvalue weighted by atomic mass is 16.7. The Hall–Kier alpha value is -1.59. The Morgan fingerprint density at radius 1 is 1.12 bits per heavy atom. The van der Waals surface area contributed by atoms with Crippen LogP contribution in [0.25, 0.3) is 0 Å². The van der Waals surface area contributed by atoms with Gasteiger partial charge in [0.15, 0.2) is 5.79 Å². The van der Waals surface area contributed by atoms with Crippen LogP contribution in [-0.4, -0.2) is 31.6 Å². The predicted molar refractivity (Wildman–Crippen MR) is 94.1 cm³/mol. The number of urea groups is 1. The van der Waals surface area contributed by atoms with Crippen molar-refractivity contribution in [3.05, 3.63) is 29.3 Å². The summed E-state index contributed by atoms with van der Waals surface area (Å²) in [7, 11) is 0. The smallest absolute Gasteiger partial charge is 0.319 e. The fourth-order valence-electron chi connectivity index (χ4n) is 3.87. The molecular weight excluding hydrogens is 304 g/mol. The molecule has 132 valence electrons. The summed E-state index contributed by atoms with van der Waals surface area (Å²) in [5.74, 6) is -0.271. The van der Waals surface area contributed by atoms with Crippen molar-refractivity contribution in [2.75, 3.05) is 25.1 Å². The SMILES string of the molecule is Cc1cccc(C)c1NC(=O)NCC1(C2CCCCC2)OCCO1. The lowest BCUT2D eigenvalue weighted by molar-refractivity contribution is -0.196. The molecule has 1 aliphatic carbocycles. The zero-order valence-corrected chi connectivity index (χ0v) is 14.7. The maximum atomic E-state index is 12.4. The van der Waals surface area contributed by atoms with Crippen LogP contribution in [0.2, 0.25) is 0 Å². The van der Waals surface area contributed by atoms with E-state index in [2.05, 4.69) is 10.6 Å². The highest BCUT2D eigenvalue weighted by molar-refractivity contribution is 5.91. The first kappa shape index (κ1) is 17.2. The zero-order chi connectivity index (χ0) is 17.0. The molecule has 1 aliphatic heterocycles. The molecule has 1 aromatic carbocycles. The summed E-state index contributed by atoms with van der Waals surface area (Å²) in [5.41, 5.74) is 2.98. The average Bonchev–Trinajstić information content (AvgIpc) is 3.08. The Balaban J connectivity index is 1.61. The summed E-state index contributed by atoms with van der Waals surface area (Å²) in [6, 6.07) is 5.78. The fourth-order valence-corrected chi connectivity index (χ4v) is 3.87. The lowest BCUT2D eigenvalue weighted by Crippen LogP contribution is -2.50. The van der Waals surface area contributed by atoms with Crippen LogP contribution in [0.1, 0.15) is 43.2 Å². The fraction of sp³-hybridized carbons (Fsp3) is 0.632. The van der Waals surface area contributed by atoms with Crippen LogP contribution in [0.4, 0.5) is 10.5 Å². The molecule has 3 rings (SSSR count). The van der Waals surface area contributed by atoms with E-state index in [1.165, 1.54) is 19.3 Å². The van der Waals surface area contributed by atoms with Crippen molar-refractivity contribution in [3.8, 4) is 0 Å². The molecule has 0 aromatic heterocycles. The summed E-state index contributed by atoms with van der Waals surface area (Å²) in [4.78, 5) is 12.4. The van der Waals surface area contributed by atoms with Crippen LogP contribution in [0.5, 0.6) is 0 Å². The third-order valence-electron chi connectivity index (χ3n) is 5.22. The molecule has 1 aromatic rings. The molecule has 0 unspecified atom stereocenters. The summed E-state index contributed by atoms with van der Waals surface area (Å²) >= 11 is 0. The number of para-hydroxylation sites is 1. The minimum atomic E-state index is -0.640. The zero-order valence-electron chi connectivity index (χ0n) is 14.7. The first-order valence-corrected chi connectivity index (χ1v) is 9.00. The van der Waals surface area contributed by atoms with Crippen LogP contribution < -0.4 is 10.6 Å². The lowest BCUT2D eigenvalue weighted by Gasteiger charge is -2.37. The Kier molecular flexibility index (Phi) is 5.41. The van der Waals surface area contributed by atoms with E-state index < -0.39 is 5.79 Å². The Labute approximate surface area is 144 Å². The summed E-state index contributed by atoms with van der Waals surface area (Å²) in [5, 5.41) is 5.93. The van der Waals surface area contributed by atoms with Gasteiger partial charge in [0.1, 0.15) is 0 Å². The van der Waals surface area contributed by atoms with Gasteiger partial charge in [0.25, 0.3) is 0 Å². The second kappa shape index (κ2) is 7.53. The molecule has 2 fully saturated rings. The molecule has 1 saturated heterocycles. The standard InChI is InChI=1S/C19H28N2O3/c1-14-7-6-8-15(2)17(14)21-18(22)20-13-19(23-11-12-24-19)16-9-4-3-5-10-16/h6-8,16H,3-5,9-13H2,1-2H3,(H2,20,21,22). The number of carbonyl (C=O) groups is 1. The topological polar surface area (TPSA) is 59.6 Å². The number of nitrogens with one attached hydrogen (secondary N) is 2. The molecule has 1 saturated carbocycles. The maximum Gasteiger partial charge on any atom is 0.319 e. The van der Waals surface area contributed by atoms with Gasteiger partial charge in [-0.15, -0.1) is 0 Å². The Morgan fingerprint density at radius 2 is 1.75 bits per heavy atom. The van der Waals surface area contributed by atoms with Crippen molar-refractivity contribution in [1.82, 2.24) is 5.32 Å². The highest BCUT2D eigenvalue weighted by Crippen LogP contribution is 2.38. The first-order valence-electron chi connectivity index (χ1n) is 9.00. The first-order chi connectivity index (χ1) is 11.6. The van der Waals surface area contributed by atoms with E-state index in [1.54, 1.807) is 0 Å². The molecule has 24 heavy (non-hydrogen) atoms. The molecular formula is C19H28N2O3. The third-order valence-corrected chi connectivity index (χ3v) is 5.22. The van der Waals surface area contributed by atoms with Gasteiger partial charge in [0, 0.05) is 11.6 Å². The minimum Gasteiger partial charge on any atom is -0.346 e. The van der Waals surface area contributed by atoms with E-state index in [-0.39, 0.29) is 6.03 Å². The van der Waals surface area contributed by atoms with Crippen LogP contribution >= 0.6 is 0 Å². The van der Waals surface area contributed by atoms with Gasteiger partial charge in [-0.2, -0.15) is 0 Å². The van der Waals surface area contributed by atoms with Crippen LogP contribution in [0, 0.1) is 19.8 Å². The van der Waals surface area contributed by atoms with Gasteiger partial charge in [-0.05, 0) is 37.8 Å². The number of benzene rings is 1. The Morgan fingerprint density at radius 3 is 2.38 bits per heavy atom. The maximum absolute atomic E-state index is 12.4. The van der Waals surface area contributed by atoms with Gasteiger partial charge in [-0.3, -0.25) is 0 Å². The van der Waals surface area contributed by atoms with E-state index in [1.807, 2.05) is 32.0 Å². The number of ether oxygens (including phenoxy) is 2. The summed E-state index contributed by atoms with van der Waals surface area (Å²) < 4.78 is 11.9. The van der Waals surface area contributed by atoms with Crippen molar-refractivity contribution < 1.29 is 14.3 Å². The third kappa shape index (κ3) is 3.73. The van der Waals surface area contributed by atoms with Crippen molar-refractivity contribution in [2.45, 2.75) is 51.7 Å². The van der Waals surface area contributed by atoms with Crippen molar-refractivity contribution >= 4 is 11.7 Å². The van der Waals surface area contributed by atoms with Gasteiger partial charge in [-0.1, -0.05) is 37.5 Å². The second-order valence-electron chi connectivity index (χ2n) is 6.92. The molecule has 2 aliphatic rings. The van der Waals surface area contributed by atoms with E-state index in [0.717, 1.165) is 29.7 Å². The van der Waals surface area contributed by atoms with Gasteiger partial charge in [0.2, 0.25) is 0 Å². The van der Waals surface area contributed by atoms with Crippen LogP contribution in [0.3, 0.4) is 0 Å². The lowest BCUT2D eigenvalue weighted by atomic mass is 9.83. The monoisotopic (exact) mass is 332 g/mol. The van der Waals surface area contributed by atoms with Crippen LogP contribution in [-0.2, 0) is 9.47 Å². The Bertz CT molecular complexity index is 556. The van der Waals surface area contributed by atoms with E-state index in [9.17, 15) is 4.79 Å². The molecule has 0 spiro atoms. The van der Waals surface area contributed by atoms with Crippen molar-refractivity contribution in [2.24, 2.45) is 5.92 Å². The molecule has 0 atom stereocenters. The molecule has 2 amide bonds. The molecule has 5 nitrogen and oxygen atoms in total. The molecule has 5 heteroatoms. The van der Waals surface area contributed by atoms with Gasteiger partial charge in [-0.25, -0.2) is 4.79 Å². The average molecular weight is 332 g/mol. The molecule has 2 N–H and O–H groups in total. The number of hydrogen-bond donors (Lipinski definition) is 2.